The lowest BCUT2D eigenvalue weighted by Crippen LogP contribution is -2.35. The SMILES string of the molecule is COc1ccc(NC(=O)CC[C@H]2CCCN(Cc3cc4ccccc4o3)C2)c(C)c1. The lowest BCUT2D eigenvalue weighted by Gasteiger charge is -2.32. The fourth-order valence-corrected chi connectivity index (χ4v) is 4.32. The molecule has 2 aromatic carbocycles. The number of carbonyl (C=O) groups excluding carboxylic acids is 1. The van der Waals surface area contributed by atoms with Gasteiger partial charge in [-0.15, -0.1) is 0 Å². The molecule has 0 spiro atoms. The lowest BCUT2D eigenvalue weighted by molar-refractivity contribution is -0.116. The van der Waals surface area contributed by atoms with Gasteiger partial charge in [0, 0.05) is 24.0 Å². The van der Waals surface area contributed by atoms with Crippen molar-refractivity contribution in [3.63, 3.8) is 0 Å². The molecule has 4 rings (SSSR count). The molecule has 30 heavy (non-hydrogen) atoms. The topological polar surface area (TPSA) is 54.7 Å². The average Bonchev–Trinajstić information content (AvgIpc) is 3.16. The normalized spacial score (nSPS) is 17.2. The highest BCUT2D eigenvalue weighted by Crippen LogP contribution is 2.26. The Morgan fingerprint density at radius 3 is 2.90 bits per heavy atom. The molecular weight excluding hydrogens is 376 g/mol. The molecular formula is C25H30N2O3. The number of amides is 1. The van der Waals surface area contributed by atoms with Crippen LogP contribution in [0.15, 0.2) is 52.9 Å². The highest BCUT2D eigenvalue weighted by Gasteiger charge is 2.22. The van der Waals surface area contributed by atoms with Crippen LogP contribution in [0.5, 0.6) is 5.75 Å². The number of nitrogens with zero attached hydrogens (tertiary/aromatic N) is 1. The highest BCUT2D eigenvalue weighted by atomic mass is 16.5. The number of piperidine rings is 1. The molecule has 0 saturated carbocycles. The van der Waals surface area contributed by atoms with Gasteiger partial charge in [0.25, 0.3) is 0 Å². The van der Waals surface area contributed by atoms with E-state index in [1.165, 1.54) is 12.8 Å². The van der Waals surface area contributed by atoms with E-state index in [1.807, 2.05) is 43.3 Å². The summed E-state index contributed by atoms with van der Waals surface area (Å²) in [6.07, 6.45) is 3.82. The van der Waals surface area contributed by atoms with Crippen LogP contribution in [0.1, 0.15) is 37.0 Å². The van der Waals surface area contributed by atoms with E-state index in [-0.39, 0.29) is 5.91 Å². The standard InChI is InChI=1S/C25H30N2O3/c1-18-14-21(29-2)10-11-23(18)26-25(28)12-9-19-6-5-13-27(16-19)17-22-15-20-7-3-4-8-24(20)30-22/h3-4,7-8,10-11,14-15,19H,5-6,9,12-13,16-17H2,1-2H3,(H,26,28)/t19-/m1/s1. The number of rotatable bonds is 7. The number of ether oxygens (including phenoxy) is 1. The molecule has 1 aliphatic heterocycles. The van der Waals surface area contributed by atoms with Gasteiger partial charge in [-0.25, -0.2) is 0 Å². The van der Waals surface area contributed by atoms with Crippen LogP contribution in [0.3, 0.4) is 0 Å². The summed E-state index contributed by atoms with van der Waals surface area (Å²) in [4.78, 5) is 14.9. The Kier molecular flexibility index (Phi) is 6.38. The Balaban J connectivity index is 1.27. The smallest absolute Gasteiger partial charge is 0.224 e. The van der Waals surface area contributed by atoms with Crippen LogP contribution in [-0.2, 0) is 11.3 Å². The molecule has 1 saturated heterocycles. The maximum absolute atomic E-state index is 12.5. The molecule has 3 aromatic rings. The van der Waals surface area contributed by atoms with Crippen molar-refractivity contribution in [3.05, 3.63) is 59.9 Å². The van der Waals surface area contributed by atoms with Crippen LogP contribution in [-0.4, -0.2) is 31.0 Å². The van der Waals surface area contributed by atoms with Gasteiger partial charge in [-0.3, -0.25) is 9.69 Å². The second kappa shape index (κ2) is 9.35. The molecule has 1 atom stereocenters. The third kappa shape index (κ3) is 5.03. The lowest BCUT2D eigenvalue weighted by atomic mass is 9.93. The van der Waals surface area contributed by atoms with Crippen molar-refractivity contribution in [1.29, 1.82) is 0 Å². The van der Waals surface area contributed by atoms with Gasteiger partial charge in [-0.1, -0.05) is 18.2 Å². The maximum Gasteiger partial charge on any atom is 0.224 e. The van der Waals surface area contributed by atoms with Gasteiger partial charge < -0.3 is 14.5 Å². The average molecular weight is 407 g/mol. The van der Waals surface area contributed by atoms with Gasteiger partial charge in [-0.2, -0.15) is 0 Å². The number of aryl methyl sites for hydroxylation is 1. The van der Waals surface area contributed by atoms with Gasteiger partial charge in [0.1, 0.15) is 17.1 Å². The molecule has 158 valence electrons. The van der Waals surface area contributed by atoms with E-state index in [1.54, 1.807) is 7.11 Å². The van der Waals surface area contributed by atoms with E-state index in [9.17, 15) is 4.79 Å². The minimum absolute atomic E-state index is 0.0812. The number of hydrogen-bond acceptors (Lipinski definition) is 4. The highest BCUT2D eigenvalue weighted by molar-refractivity contribution is 5.91. The summed E-state index contributed by atoms with van der Waals surface area (Å²) in [5.41, 5.74) is 2.82. The molecule has 5 nitrogen and oxygen atoms in total. The molecule has 1 amide bonds. The number of nitrogens with one attached hydrogen (secondary N) is 1. The molecule has 1 aliphatic rings. The first-order chi connectivity index (χ1) is 14.6. The van der Waals surface area contributed by atoms with Crippen molar-refractivity contribution >= 4 is 22.6 Å². The zero-order valence-corrected chi connectivity index (χ0v) is 17.8. The Morgan fingerprint density at radius 2 is 2.10 bits per heavy atom. The number of anilines is 1. The molecule has 2 heterocycles. The third-order valence-electron chi connectivity index (χ3n) is 5.95. The first kappa shape index (κ1) is 20.5. The summed E-state index contributed by atoms with van der Waals surface area (Å²) in [7, 11) is 1.65. The van der Waals surface area contributed by atoms with Gasteiger partial charge in [0.15, 0.2) is 0 Å². The van der Waals surface area contributed by atoms with Crippen LogP contribution in [0.2, 0.25) is 0 Å². The number of carbonyl (C=O) groups is 1. The Labute approximate surface area is 178 Å². The second-order valence-corrected chi connectivity index (χ2v) is 8.26. The van der Waals surface area contributed by atoms with Crippen molar-refractivity contribution in [1.82, 2.24) is 4.90 Å². The van der Waals surface area contributed by atoms with E-state index >= 15 is 0 Å². The predicted octanol–water partition coefficient (Wildman–Crippen LogP) is 5.38. The Bertz CT molecular complexity index is 978. The van der Waals surface area contributed by atoms with Crippen LogP contribution in [0, 0.1) is 12.8 Å². The largest absolute Gasteiger partial charge is 0.497 e. The number of benzene rings is 2. The third-order valence-corrected chi connectivity index (χ3v) is 5.95. The van der Waals surface area contributed by atoms with E-state index in [0.29, 0.717) is 12.3 Å². The van der Waals surface area contributed by atoms with Crippen molar-refractivity contribution in [3.8, 4) is 5.75 Å². The first-order valence-corrected chi connectivity index (χ1v) is 10.7. The van der Waals surface area contributed by atoms with Crippen LogP contribution in [0.25, 0.3) is 11.0 Å². The predicted molar refractivity (Wildman–Crippen MR) is 120 cm³/mol. The number of furan rings is 1. The van der Waals surface area contributed by atoms with E-state index in [4.69, 9.17) is 9.15 Å². The first-order valence-electron chi connectivity index (χ1n) is 10.7. The molecule has 1 aromatic heterocycles. The maximum atomic E-state index is 12.5. The van der Waals surface area contributed by atoms with Crippen molar-refractivity contribution in [2.75, 3.05) is 25.5 Å². The molecule has 0 aliphatic carbocycles. The molecule has 0 bridgehead atoms. The molecule has 1 N–H and O–H groups in total. The Hall–Kier alpha value is -2.79. The monoisotopic (exact) mass is 406 g/mol. The Morgan fingerprint density at radius 1 is 1.23 bits per heavy atom. The fraction of sp³-hybridized carbons (Fsp3) is 0.400. The van der Waals surface area contributed by atoms with Gasteiger partial charge in [0.2, 0.25) is 5.91 Å². The summed E-state index contributed by atoms with van der Waals surface area (Å²) in [5.74, 6) is 2.45. The van der Waals surface area contributed by atoms with Crippen molar-refractivity contribution in [2.24, 2.45) is 5.92 Å². The summed E-state index contributed by atoms with van der Waals surface area (Å²) in [5, 5.41) is 4.20. The van der Waals surface area contributed by atoms with Crippen LogP contribution >= 0.6 is 0 Å². The summed E-state index contributed by atoms with van der Waals surface area (Å²) in [6, 6.07) is 16.0. The van der Waals surface area contributed by atoms with Crippen LogP contribution < -0.4 is 10.1 Å². The van der Waals surface area contributed by atoms with Crippen molar-refractivity contribution in [2.45, 2.75) is 39.2 Å². The van der Waals surface area contributed by atoms with Gasteiger partial charge in [-0.05, 0) is 74.5 Å². The number of likely N-dealkylation sites (tertiary alicyclic amines) is 1. The summed E-state index contributed by atoms with van der Waals surface area (Å²) >= 11 is 0. The number of methoxy groups -OCH3 is 1. The minimum atomic E-state index is 0.0812. The fourth-order valence-electron chi connectivity index (χ4n) is 4.32. The summed E-state index contributed by atoms with van der Waals surface area (Å²) < 4.78 is 11.2. The minimum Gasteiger partial charge on any atom is -0.497 e. The van der Waals surface area contributed by atoms with E-state index in [0.717, 1.165) is 59.8 Å². The molecule has 0 unspecified atom stereocenters. The second-order valence-electron chi connectivity index (χ2n) is 8.26. The summed E-state index contributed by atoms with van der Waals surface area (Å²) in [6.45, 7) is 4.92. The molecule has 1 fully saturated rings. The van der Waals surface area contributed by atoms with Gasteiger partial charge in [0.05, 0.1) is 13.7 Å². The number of hydrogen-bond donors (Lipinski definition) is 1. The molecule has 5 heteroatoms. The zero-order chi connectivity index (χ0) is 20.9. The van der Waals surface area contributed by atoms with E-state index in [2.05, 4.69) is 22.3 Å². The van der Waals surface area contributed by atoms with Crippen molar-refractivity contribution < 1.29 is 13.9 Å². The molecule has 0 radical (unpaired) electrons. The van der Waals surface area contributed by atoms with Crippen LogP contribution in [0.4, 0.5) is 5.69 Å². The zero-order valence-electron chi connectivity index (χ0n) is 17.8. The number of para-hydroxylation sites is 1. The van der Waals surface area contributed by atoms with Gasteiger partial charge >= 0.3 is 0 Å². The number of fused-ring (bicyclic) bond motifs is 1. The van der Waals surface area contributed by atoms with E-state index < -0.39 is 0 Å². The quantitative estimate of drug-likeness (QED) is 0.572.